The second-order valence-electron chi connectivity index (χ2n) is 27.5. The molecule has 4 aliphatic rings. The van der Waals surface area contributed by atoms with Crippen LogP contribution in [0.5, 0.6) is 40.2 Å². The highest BCUT2D eigenvalue weighted by molar-refractivity contribution is 5.96. The van der Waals surface area contributed by atoms with Gasteiger partial charge in [0.05, 0.1) is 26.9 Å². The normalized spacial score (nSPS) is 15.4. The molecule has 6 atom stereocenters. The molecule has 0 fully saturated rings. The fourth-order valence-corrected chi connectivity index (χ4v) is 13.5. The maximum Gasteiger partial charge on any atom is 0.507 e. The number of aliphatic hydroxyl groups is 2. The first kappa shape index (κ1) is 90.5. The first-order valence-corrected chi connectivity index (χ1v) is 35.4. The molecule has 0 radical (unpaired) electrons. The van der Waals surface area contributed by atoms with Gasteiger partial charge in [0.2, 0.25) is 5.91 Å². The van der Waals surface area contributed by atoms with Crippen molar-refractivity contribution < 1.29 is 96.2 Å². The number of aryl methyl sites for hydroxylation is 10. The molecule has 0 saturated carbocycles. The van der Waals surface area contributed by atoms with Gasteiger partial charge in [-0.2, -0.15) is 0 Å². The number of methoxy groups -OCH3 is 2. The number of unbranched alkanes of at least 4 members (excludes halogenated alkanes) is 1. The summed E-state index contributed by atoms with van der Waals surface area (Å²) in [5.74, 6) is 0.790. The van der Waals surface area contributed by atoms with Crippen molar-refractivity contribution in [2.24, 2.45) is 5.92 Å². The van der Waals surface area contributed by atoms with E-state index in [1.807, 2.05) is 180 Å². The maximum absolute atomic E-state index is 12.9. The summed E-state index contributed by atoms with van der Waals surface area (Å²) in [6.07, 6.45) is -0.0365. The van der Waals surface area contributed by atoms with Crippen molar-refractivity contribution in [3.8, 4) is 40.2 Å². The van der Waals surface area contributed by atoms with Gasteiger partial charge in [0.1, 0.15) is 83.2 Å². The molecule has 4 aliphatic heterocycles. The largest absolute Gasteiger partial charge is 0.507 e. The average molecular weight is 1530 g/mol. The third-order valence-corrected chi connectivity index (χ3v) is 18.5. The molecule has 596 valence electrons. The number of hydrogen-bond donors (Lipinski definition) is 5. The van der Waals surface area contributed by atoms with E-state index in [1.54, 1.807) is 31.4 Å². The number of esters is 4. The molecular weight excluding hydrogens is 1420 g/mol. The lowest BCUT2D eigenvalue weighted by Gasteiger charge is -2.18. The Kier molecular flexibility index (Phi) is 33.1. The van der Waals surface area contributed by atoms with Crippen molar-refractivity contribution in [2.45, 2.75) is 169 Å². The fourth-order valence-electron chi connectivity index (χ4n) is 13.5. The number of rotatable bonds is 21. The summed E-state index contributed by atoms with van der Waals surface area (Å²) < 4.78 is 52.7. The van der Waals surface area contributed by atoms with E-state index < -0.39 is 48.0 Å². The van der Waals surface area contributed by atoms with Gasteiger partial charge in [-0.25, -0.2) is 9.59 Å². The van der Waals surface area contributed by atoms with E-state index in [9.17, 15) is 43.8 Å². The maximum atomic E-state index is 12.9. The summed E-state index contributed by atoms with van der Waals surface area (Å²) in [6.45, 7) is 25.9. The van der Waals surface area contributed by atoms with Crippen LogP contribution < -0.4 is 39.1 Å². The van der Waals surface area contributed by atoms with Gasteiger partial charge in [0.15, 0.2) is 0 Å². The Morgan fingerprint density at radius 3 is 1.32 bits per heavy atom. The molecule has 8 aromatic carbocycles. The number of carbonyl (C=O) groups is 7. The minimum Gasteiger partial charge on any atom is -0.507 e. The molecule has 2 amide bonds. The number of carbonyl (C=O) groups excluding carboxylic acids is 7. The molecule has 8 aromatic rings. The predicted molar refractivity (Wildman–Crippen MR) is 429 cm³/mol. The van der Waals surface area contributed by atoms with E-state index in [4.69, 9.17) is 47.7 Å². The van der Waals surface area contributed by atoms with Gasteiger partial charge < -0.3 is 68.0 Å². The number of hydrogen-bond acceptors (Lipinski definition) is 20. The Bertz CT molecular complexity index is 4640. The summed E-state index contributed by atoms with van der Waals surface area (Å²) in [4.78, 5) is 85.2. The van der Waals surface area contributed by atoms with Crippen molar-refractivity contribution in [3.05, 3.63) is 227 Å². The van der Waals surface area contributed by atoms with Crippen LogP contribution in [0.25, 0.3) is 0 Å². The van der Waals surface area contributed by atoms with Crippen molar-refractivity contribution in [1.82, 2.24) is 0 Å². The van der Waals surface area contributed by atoms with Gasteiger partial charge >= 0.3 is 36.1 Å². The number of nitrogens with one attached hydrogen (secondary N) is 2. The number of anilines is 2. The number of phenolic OH excluding ortho intramolecular Hbond substituents is 1. The molecule has 22 nitrogen and oxygen atoms in total. The van der Waals surface area contributed by atoms with Crippen LogP contribution >= 0.6 is 0 Å². The van der Waals surface area contributed by atoms with Gasteiger partial charge in [-0.1, -0.05) is 151 Å². The Labute approximate surface area is 653 Å². The van der Waals surface area contributed by atoms with Gasteiger partial charge in [-0.15, -0.1) is 0 Å². The van der Waals surface area contributed by atoms with Crippen molar-refractivity contribution in [1.29, 1.82) is 0 Å². The molecule has 6 unspecified atom stereocenters. The highest BCUT2D eigenvalue weighted by Crippen LogP contribution is 2.48. The van der Waals surface area contributed by atoms with Gasteiger partial charge in [-0.3, -0.25) is 29.3 Å². The second-order valence-corrected chi connectivity index (χ2v) is 27.5. The standard InChI is InChI=1S/C25H30N2O6.C22H24O6.C19H20O5.C19H20O3.4CH4/c1-14-10-15(2)23-20(11-14)22(24(29)33-23)19-12-18(13-21(16(19)3)26-17(4)28)27-25(30)32-9-7-6-8-31-5;1-13-9-15(3)20-18(10-13)19(21(23)28-20)16-5-7-17(8-6-16)26-11-14(2)12-27-22(24)25-4;1-11-7-12(2)18-16(8-11)17(19(22)24-18)13-3-5-15(6-4-13)23-10-14(21)9-20;1-5-13-9-14(8-11(3)17(13)20)16-15-7-10(2)6-12(4)18(15)22-19(16)21;;;;/h10-13,22H,6-9H2,1-5H3,(H,26,28)(H,27,30);5-10,14,19H,11-12H2,1-4H3;3-8,14,17,20-21H,9-10H2,1-2H3;6-9,16,20H,5H2,1-4H3;4*1H4. The first-order valence-electron chi connectivity index (χ1n) is 35.4. The zero-order valence-electron chi connectivity index (χ0n) is 63.2. The quantitative estimate of drug-likeness (QED) is 0.0254. The number of aromatic hydroxyl groups is 1. The van der Waals surface area contributed by atoms with Crippen molar-refractivity contribution in [3.63, 3.8) is 0 Å². The van der Waals surface area contributed by atoms with Crippen LogP contribution in [-0.4, -0.2) is 117 Å². The van der Waals surface area contributed by atoms with Crippen molar-refractivity contribution >= 4 is 53.4 Å². The Morgan fingerprint density at radius 1 is 0.486 bits per heavy atom. The third kappa shape index (κ3) is 22.1. The number of aliphatic hydroxyl groups excluding tert-OH is 2. The number of phenols is 1. The number of amides is 2. The molecule has 12 rings (SSSR count). The molecule has 5 N–H and O–H groups in total. The van der Waals surface area contributed by atoms with E-state index in [2.05, 4.69) is 15.4 Å². The molecule has 0 aromatic heterocycles. The number of benzene rings is 8. The highest BCUT2D eigenvalue weighted by Gasteiger charge is 2.40. The van der Waals surface area contributed by atoms with Gasteiger partial charge in [0, 0.05) is 60.2 Å². The summed E-state index contributed by atoms with van der Waals surface area (Å²) >= 11 is 0. The number of ether oxygens (including phenoxy) is 10. The highest BCUT2D eigenvalue weighted by atomic mass is 16.7. The van der Waals surface area contributed by atoms with Crippen LogP contribution in [0.2, 0.25) is 0 Å². The van der Waals surface area contributed by atoms with Gasteiger partial charge in [0.25, 0.3) is 0 Å². The molecule has 4 heterocycles. The summed E-state index contributed by atoms with van der Waals surface area (Å²) in [5, 5.41) is 33.7. The summed E-state index contributed by atoms with van der Waals surface area (Å²) in [7, 11) is 2.89. The molecule has 0 spiro atoms. The van der Waals surface area contributed by atoms with E-state index in [-0.39, 0.29) is 85.9 Å². The summed E-state index contributed by atoms with van der Waals surface area (Å²) in [6, 6.07) is 37.7. The Hall–Kier alpha value is -11.1. The van der Waals surface area contributed by atoms with E-state index in [1.165, 1.54) is 14.0 Å². The van der Waals surface area contributed by atoms with Crippen molar-refractivity contribution in [2.75, 3.05) is 64.5 Å². The molecule has 0 bridgehead atoms. The molecule has 111 heavy (non-hydrogen) atoms. The van der Waals surface area contributed by atoms with E-state index in [0.717, 1.165) is 113 Å². The van der Waals surface area contributed by atoms with Crippen LogP contribution in [0.15, 0.2) is 121 Å². The van der Waals surface area contributed by atoms with Crippen LogP contribution in [0.1, 0.15) is 193 Å². The minimum absolute atomic E-state index is 0. The van der Waals surface area contributed by atoms with Crippen LogP contribution in [0.3, 0.4) is 0 Å². The monoisotopic (exact) mass is 1530 g/mol. The lowest BCUT2D eigenvalue weighted by molar-refractivity contribution is -0.134. The average Bonchev–Trinajstić information content (AvgIpc) is 1.65. The lowest BCUT2D eigenvalue weighted by Crippen LogP contribution is -2.21. The Balaban J connectivity index is 0.000000264. The molecular formula is C89H110N2O20. The van der Waals surface area contributed by atoms with Crippen LogP contribution in [0, 0.1) is 75.2 Å². The topological polar surface area (TPSA) is 297 Å². The van der Waals surface area contributed by atoms with E-state index >= 15 is 0 Å². The minimum atomic E-state index is -0.910. The fraction of sp³-hybridized carbons (Fsp3) is 0.382. The third-order valence-electron chi connectivity index (χ3n) is 18.5. The molecule has 22 heteroatoms. The number of fused-ring (bicyclic) bond motifs is 4. The Morgan fingerprint density at radius 2 is 0.901 bits per heavy atom. The second kappa shape index (κ2) is 40.6. The SMILES string of the molecule is C.C.C.C.CCc1cc(C2C(=O)Oc3c(C)cc(C)cc32)cc(C)c1O.COC(=O)OCC(C)COc1ccc(C2C(=O)Oc3c(C)cc(C)cc32)cc1.COCCCCOC(=O)Nc1cc(NC(C)=O)c(C)c(C2C(=O)Oc3c(C)cc(C)cc32)c1.Cc1cc(C)c2c(c1)C(c1ccc(OCC(O)CO)cc1)C(=O)O2. The lowest BCUT2D eigenvalue weighted by atomic mass is 9.87. The van der Waals surface area contributed by atoms with Crippen LogP contribution in [0.4, 0.5) is 21.0 Å². The molecule has 0 aliphatic carbocycles. The zero-order chi connectivity index (χ0) is 77.7. The van der Waals surface area contributed by atoms with Crippen LogP contribution in [-0.2, 0) is 49.3 Å². The van der Waals surface area contributed by atoms with Gasteiger partial charge in [-0.05, 0) is 186 Å². The molecule has 0 saturated heterocycles. The summed E-state index contributed by atoms with van der Waals surface area (Å²) in [5.41, 5.74) is 18.1. The predicted octanol–water partition coefficient (Wildman–Crippen LogP) is 17.3. The zero-order valence-corrected chi connectivity index (χ0v) is 63.2. The smallest absolute Gasteiger partial charge is 0.507 e. The first-order chi connectivity index (χ1) is 51.0. The van der Waals surface area contributed by atoms with E-state index in [0.29, 0.717) is 76.8 Å².